The van der Waals surface area contributed by atoms with Gasteiger partial charge >= 0.3 is 0 Å². The maximum absolute atomic E-state index is 11.0. The summed E-state index contributed by atoms with van der Waals surface area (Å²) in [6.07, 6.45) is 0. The average molecular weight is 313 g/mol. The topological polar surface area (TPSA) is 70.2 Å². The zero-order chi connectivity index (χ0) is 16.8. The summed E-state index contributed by atoms with van der Waals surface area (Å²) in [4.78, 5) is 22.2. The molecule has 1 aromatic carbocycles. The van der Waals surface area contributed by atoms with E-state index in [2.05, 4.69) is 39.3 Å². The van der Waals surface area contributed by atoms with Crippen LogP contribution in [0, 0.1) is 6.92 Å². The first-order valence-electron chi connectivity index (χ1n) is 7.77. The highest BCUT2D eigenvalue weighted by molar-refractivity contribution is 5.88. The monoisotopic (exact) mass is 313 g/mol. The zero-order valence-electron chi connectivity index (χ0n) is 14.1. The van der Waals surface area contributed by atoms with Gasteiger partial charge in [0.1, 0.15) is 5.82 Å². The van der Waals surface area contributed by atoms with Crippen LogP contribution in [0.4, 0.5) is 23.1 Å². The predicted molar refractivity (Wildman–Crippen MR) is 94.4 cm³/mol. The second kappa shape index (κ2) is 7.58. The number of hydrogen-bond donors (Lipinski definition) is 2. The summed E-state index contributed by atoms with van der Waals surface area (Å²) >= 11 is 0. The second-order valence-electron chi connectivity index (χ2n) is 5.25. The van der Waals surface area contributed by atoms with Crippen molar-refractivity contribution in [3.05, 3.63) is 36.0 Å². The number of aromatic nitrogens is 2. The molecule has 6 heteroatoms. The normalized spacial score (nSPS) is 10.3. The van der Waals surface area contributed by atoms with Crippen molar-refractivity contribution < 1.29 is 4.79 Å². The highest BCUT2D eigenvalue weighted by Gasteiger charge is 2.08. The number of rotatable bonds is 6. The number of aryl methyl sites for hydroxylation is 1. The molecule has 2 N–H and O–H groups in total. The van der Waals surface area contributed by atoms with E-state index in [-0.39, 0.29) is 5.91 Å². The first-order chi connectivity index (χ1) is 11.0. The Kier molecular flexibility index (Phi) is 5.51. The second-order valence-corrected chi connectivity index (χ2v) is 5.25. The Hall–Kier alpha value is -2.63. The van der Waals surface area contributed by atoms with Crippen LogP contribution in [0.5, 0.6) is 0 Å². The van der Waals surface area contributed by atoms with Crippen LogP contribution in [0.15, 0.2) is 30.3 Å². The smallest absolute Gasteiger partial charge is 0.227 e. The summed E-state index contributed by atoms with van der Waals surface area (Å²) in [7, 11) is 0. The number of carbonyl (C=O) groups is 1. The van der Waals surface area contributed by atoms with E-state index in [4.69, 9.17) is 0 Å². The summed E-state index contributed by atoms with van der Waals surface area (Å²) in [6, 6.07) is 9.42. The van der Waals surface area contributed by atoms with E-state index in [0.717, 1.165) is 41.9 Å². The third-order valence-electron chi connectivity index (χ3n) is 3.37. The van der Waals surface area contributed by atoms with Crippen LogP contribution in [0.25, 0.3) is 0 Å². The van der Waals surface area contributed by atoms with E-state index < -0.39 is 0 Å². The Balaban J connectivity index is 2.17. The molecule has 0 atom stereocenters. The fourth-order valence-corrected chi connectivity index (χ4v) is 2.25. The fourth-order valence-electron chi connectivity index (χ4n) is 2.25. The number of hydrogen-bond acceptors (Lipinski definition) is 5. The standard InChI is InChI=1S/C17H23N5O/c1-5-22(6-2)17-18-12(3)11-16(21-17)20-15-9-7-14(8-10-15)19-13(4)23/h7-11H,5-6H2,1-4H3,(H,19,23)(H,18,20,21). The van der Waals surface area contributed by atoms with E-state index in [1.54, 1.807) is 0 Å². The Morgan fingerprint density at radius 2 is 1.70 bits per heavy atom. The van der Waals surface area contributed by atoms with E-state index in [0.29, 0.717) is 0 Å². The van der Waals surface area contributed by atoms with Crippen molar-refractivity contribution in [1.82, 2.24) is 9.97 Å². The molecule has 1 amide bonds. The molecule has 0 aliphatic carbocycles. The lowest BCUT2D eigenvalue weighted by molar-refractivity contribution is -0.114. The minimum atomic E-state index is -0.0824. The van der Waals surface area contributed by atoms with E-state index in [1.807, 2.05) is 37.3 Å². The molecule has 0 spiro atoms. The molecule has 0 radical (unpaired) electrons. The molecule has 0 saturated carbocycles. The van der Waals surface area contributed by atoms with Gasteiger partial charge in [-0.25, -0.2) is 4.98 Å². The molecule has 23 heavy (non-hydrogen) atoms. The number of benzene rings is 1. The van der Waals surface area contributed by atoms with Gasteiger partial charge in [-0.2, -0.15) is 4.98 Å². The molecule has 0 aliphatic heterocycles. The Bertz CT molecular complexity index is 665. The van der Waals surface area contributed by atoms with Gasteiger partial charge in [-0.3, -0.25) is 4.79 Å². The molecule has 0 unspecified atom stereocenters. The van der Waals surface area contributed by atoms with Crippen LogP contribution in [-0.4, -0.2) is 29.0 Å². The average Bonchev–Trinajstić information content (AvgIpc) is 2.49. The fraction of sp³-hybridized carbons (Fsp3) is 0.353. The van der Waals surface area contributed by atoms with Crippen molar-refractivity contribution in [2.45, 2.75) is 27.7 Å². The van der Waals surface area contributed by atoms with Gasteiger partial charge in [-0.05, 0) is 45.0 Å². The third-order valence-corrected chi connectivity index (χ3v) is 3.37. The Morgan fingerprint density at radius 3 is 2.26 bits per heavy atom. The largest absolute Gasteiger partial charge is 0.341 e. The van der Waals surface area contributed by atoms with Crippen molar-refractivity contribution in [1.29, 1.82) is 0 Å². The molecule has 2 rings (SSSR count). The van der Waals surface area contributed by atoms with Crippen LogP contribution in [0.1, 0.15) is 26.5 Å². The first-order valence-corrected chi connectivity index (χ1v) is 7.77. The molecule has 0 aliphatic rings. The highest BCUT2D eigenvalue weighted by Crippen LogP contribution is 2.20. The van der Waals surface area contributed by atoms with Crippen molar-refractivity contribution in [2.24, 2.45) is 0 Å². The lowest BCUT2D eigenvalue weighted by Crippen LogP contribution is -2.24. The van der Waals surface area contributed by atoms with Gasteiger partial charge in [0.25, 0.3) is 0 Å². The predicted octanol–water partition coefficient (Wildman–Crippen LogP) is 3.33. The summed E-state index contributed by atoms with van der Waals surface area (Å²) < 4.78 is 0. The van der Waals surface area contributed by atoms with Crippen molar-refractivity contribution in [3.8, 4) is 0 Å². The molecule has 1 heterocycles. The van der Waals surface area contributed by atoms with Crippen molar-refractivity contribution >= 4 is 29.0 Å². The van der Waals surface area contributed by atoms with Gasteiger partial charge in [0.15, 0.2) is 0 Å². The lowest BCUT2D eigenvalue weighted by Gasteiger charge is -2.19. The quantitative estimate of drug-likeness (QED) is 0.856. The number of amides is 1. The molecular weight excluding hydrogens is 290 g/mol. The molecule has 2 aromatic rings. The maximum Gasteiger partial charge on any atom is 0.227 e. The molecule has 6 nitrogen and oxygen atoms in total. The number of carbonyl (C=O) groups excluding carboxylic acids is 1. The van der Waals surface area contributed by atoms with Gasteiger partial charge in [-0.1, -0.05) is 0 Å². The third kappa shape index (κ3) is 4.67. The van der Waals surface area contributed by atoms with E-state index in [1.165, 1.54) is 6.92 Å². The Morgan fingerprint density at radius 1 is 1.09 bits per heavy atom. The van der Waals surface area contributed by atoms with Gasteiger partial charge in [0.2, 0.25) is 11.9 Å². The minimum absolute atomic E-state index is 0.0824. The van der Waals surface area contributed by atoms with Gasteiger partial charge in [-0.15, -0.1) is 0 Å². The minimum Gasteiger partial charge on any atom is -0.341 e. The number of nitrogens with zero attached hydrogens (tertiary/aromatic N) is 3. The van der Waals surface area contributed by atoms with E-state index in [9.17, 15) is 4.79 Å². The van der Waals surface area contributed by atoms with Crippen molar-refractivity contribution in [3.63, 3.8) is 0 Å². The van der Waals surface area contributed by atoms with Crippen LogP contribution in [0.3, 0.4) is 0 Å². The highest BCUT2D eigenvalue weighted by atomic mass is 16.1. The van der Waals surface area contributed by atoms with Gasteiger partial charge < -0.3 is 15.5 Å². The van der Waals surface area contributed by atoms with Crippen LogP contribution >= 0.6 is 0 Å². The molecule has 122 valence electrons. The molecule has 1 aromatic heterocycles. The van der Waals surface area contributed by atoms with Crippen LogP contribution in [0.2, 0.25) is 0 Å². The summed E-state index contributed by atoms with van der Waals surface area (Å²) in [5.74, 6) is 1.40. The molecule has 0 fully saturated rings. The van der Waals surface area contributed by atoms with Gasteiger partial charge in [0, 0.05) is 43.1 Å². The Labute approximate surface area is 137 Å². The van der Waals surface area contributed by atoms with Crippen LogP contribution < -0.4 is 15.5 Å². The number of nitrogens with one attached hydrogen (secondary N) is 2. The molecule has 0 saturated heterocycles. The van der Waals surface area contributed by atoms with Crippen molar-refractivity contribution in [2.75, 3.05) is 28.6 Å². The summed E-state index contributed by atoms with van der Waals surface area (Å²) in [6.45, 7) is 9.35. The zero-order valence-corrected chi connectivity index (χ0v) is 14.1. The molecular formula is C17H23N5O. The summed E-state index contributed by atoms with van der Waals surface area (Å²) in [5, 5.41) is 6.02. The number of anilines is 4. The van der Waals surface area contributed by atoms with Gasteiger partial charge in [0.05, 0.1) is 0 Å². The molecule has 0 bridgehead atoms. The van der Waals surface area contributed by atoms with E-state index >= 15 is 0 Å². The first kappa shape index (κ1) is 16.7. The lowest BCUT2D eigenvalue weighted by atomic mass is 10.2. The maximum atomic E-state index is 11.0. The summed E-state index contributed by atoms with van der Waals surface area (Å²) in [5.41, 5.74) is 2.59. The van der Waals surface area contributed by atoms with Crippen LogP contribution in [-0.2, 0) is 4.79 Å². The SMILES string of the molecule is CCN(CC)c1nc(C)cc(Nc2ccc(NC(C)=O)cc2)n1.